The number of benzene rings is 1. The molecule has 0 saturated heterocycles. The van der Waals surface area contributed by atoms with Gasteiger partial charge >= 0.3 is 5.97 Å². The van der Waals surface area contributed by atoms with Gasteiger partial charge in [-0.2, -0.15) is 0 Å². The molecule has 0 saturated carbocycles. The van der Waals surface area contributed by atoms with Crippen LogP contribution in [0.4, 0.5) is 0 Å². The molecule has 1 aliphatic rings. The Morgan fingerprint density at radius 3 is 2.54 bits per heavy atom. The summed E-state index contributed by atoms with van der Waals surface area (Å²) in [6.07, 6.45) is 1.90. The van der Waals surface area contributed by atoms with Gasteiger partial charge < -0.3 is 24.5 Å². The quantitative estimate of drug-likeness (QED) is 0.834. The van der Waals surface area contributed by atoms with E-state index in [9.17, 15) is 14.7 Å². The van der Waals surface area contributed by atoms with Gasteiger partial charge in [-0.15, -0.1) is 0 Å². The standard InChI is InChI=1S/C18H19ClN2O5/c1-25-15-5-10-3-4-21(18(24)13-6-11(19)9-20-13)14(8-17(22)23)12(10)7-16(15)26-2/h5-7,9,14,20H,3-4,8H2,1-2H3,(H,22,23)/t14-/m0/s1. The minimum atomic E-state index is -0.986. The van der Waals surface area contributed by atoms with E-state index in [0.29, 0.717) is 35.2 Å². The topological polar surface area (TPSA) is 91.9 Å². The summed E-state index contributed by atoms with van der Waals surface area (Å²) in [6, 6.07) is 4.52. The van der Waals surface area contributed by atoms with Crippen molar-refractivity contribution in [2.75, 3.05) is 20.8 Å². The van der Waals surface area contributed by atoms with Gasteiger partial charge in [0.05, 0.1) is 31.7 Å². The van der Waals surface area contributed by atoms with Gasteiger partial charge in [0.1, 0.15) is 5.69 Å². The van der Waals surface area contributed by atoms with E-state index in [1.165, 1.54) is 19.4 Å². The number of rotatable bonds is 5. The molecule has 0 unspecified atom stereocenters. The first kappa shape index (κ1) is 18.1. The monoisotopic (exact) mass is 378 g/mol. The molecule has 3 rings (SSSR count). The Morgan fingerprint density at radius 2 is 1.96 bits per heavy atom. The SMILES string of the molecule is COc1cc2c(cc1OC)[C@H](CC(=O)O)N(C(=O)c1cc(Cl)c[nH]1)CC2. The maximum absolute atomic E-state index is 12.9. The number of amides is 1. The van der Waals surface area contributed by atoms with Crippen molar-refractivity contribution in [3.8, 4) is 11.5 Å². The predicted octanol–water partition coefficient (Wildman–Crippen LogP) is 2.90. The number of carboxylic acids is 1. The number of methoxy groups -OCH3 is 2. The molecule has 138 valence electrons. The molecule has 2 heterocycles. The van der Waals surface area contributed by atoms with E-state index in [2.05, 4.69) is 4.98 Å². The van der Waals surface area contributed by atoms with Crippen molar-refractivity contribution in [1.82, 2.24) is 9.88 Å². The van der Waals surface area contributed by atoms with Gasteiger partial charge in [-0.05, 0) is 35.7 Å². The van der Waals surface area contributed by atoms with Crippen molar-refractivity contribution in [3.63, 3.8) is 0 Å². The number of hydrogen-bond acceptors (Lipinski definition) is 4. The highest BCUT2D eigenvalue weighted by Gasteiger charge is 2.34. The van der Waals surface area contributed by atoms with E-state index in [1.807, 2.05) is 6.07 Å². The van der Waals surface area contributed by atoms with E-state index in [4.69, 9.17) is 21.1 Å². The lowest BCUT2D eigenvalue weighted by atomic mass is 9.89. The lowest BCUT2D eigenvalue weighted by Crippen LogP contribution is -2.41. The van der Waals surface area contributed by atoms with Crippen LogP contribution in [0.3, 0.4) is 0 Å². The third-order valence-electron chi connectivity index (χ3n) is 4.51. The number of aromatic nitrogens is 1. The third kappa shape index (κ3) is 3.35. The Kier molecular flexibility index (Phi) is 5.08. The predicted molar refractivity (Wildman–Crippen MR) is 95.1 cm³/mol. The lowest BCUT2D eigenvalue weighted by molar-refractivity contribution is -0.138. The minimum Gasteiger partial charge on any atom is -0.493 e. The zero-order valence-corrected chi connectivity index (χ0v) is 15.2. The van der Waals surface area contributed by atoms with Gasteiger partial charge in [0.15, 0.2) is 11.5 Å². The minimum absolute atomic E-state index is 0.206. The Balaban J connectivity index is 2.03. The number of aromatic amines is 1. The third-order valence-corrected chi connectivity index (χ3v) is 4.73. The summed E-state index contributed by atoms with van der Waals surface area (Å²) in [7, 11) is 3.07. The van der Waals surface area contributed by atoms with Crippen LogP contribution < -0.4 is 9.47 Å². The molecular formula is C18H19ClN2O5. The summed E-state index contributed by atoms with van der Waals surface area (Å²) in [5.74, 6) is -0.196. The normalized spacial score (nSPS) is 16.1. The fraction of sp³-hybridized carbons (Fsp3) is 0.333. The van der Waals surface area contributed by atoms with E-state index in [1.54, 1.807) is 18.1 Å². The first-order chi connectivity index (χ1) is 12.4. The van der Waals surface area contributed by atoms with Crippen LogP contribution in [-0.4, -0.2) is 47.6 Å². The Hall–Kier alpha value is -2.67. The average Bonchev–Trinajstić information content (AvgIpc) is 3.06. The summed E-state index contributed by atoms with van der Waals surface area (Å²) in [5, 5.41) is 9.79. The highest BCUT2D eigenvalue weighted by atomic mass is 35.5. The lowest BCUT2D eigenvalue weighted by Gasteiger charge is -2.37. The van der Waals surface area contributed by atoms with Crippen LogP contribution >= 0.6 is 11.6 Å². The number of ether oxygens (including phenoxy) is 2. The van der Waals surface area contributed by atoms with Crippen LogP contribution in [0.5, 0.6) is 11.5 Å². The fourth-order valence-electron chi connectivity index (χ4n) is 3.30. The van der Waals surface area contributed by atoms with E-state index >= 15 is 0 Å². The molecule has 0 radical (unpaired) electrons. The van der Waals surface area contributed by atoms with Gasteiger partial charge in [0.2, 0.25) is 0 Å². The Bertz CT molecular complexity index is 848. The van der Waals surface area contributed by atoms with E-state index < -0.39 is 12.0 Å². The molecule has 8 heteroatoms. The summed E-state index contributed by atoms with van der Waals surface area (Å²) in [4.78, 5) is 28.7. The number of carboxylic acid groups (broad SMARTS) is 1. The molecular weight excluding hydrogens is 360 g/mol. The molecule has 1 aliphatic heterocycles. The summed E-state index contributed by atoms with van der Waals surface area (Å²) in [6.45, 7) is 0.399. The van der Waals surface area contributed by atoms with Crippen molar-refractivity contribution >= 4 is 23.5 Å². The van der Waals surface area contributed by atoms with Crippen molar-refractivity contribution < 1.29 is 24.2 Å². The summed E-state index contributed by atoms with van der Waals surface area (Å²) >= 11 is 5.89. The number of aliphatic carboxylic acids is 1. The van der Waals surface area contributed by atoms with Gasteiger partial charge in [0.25, 0.3) is 5.91 Å². The van der Waals surface area contributed by atoms with Gasteiger partial charge in [-0.25, -0.2) is 0 Å². The van der Waals surface area contributed by atoms with Crippen LogP contribution in [0, 0.1) is 0 Å². The maximum atomic E-state index is 12.9. The molecule has 1 aromatic heterocycles. The molecule has 0 fully saturated rings. The average molecular weight is 379 g/mol. The molecule has 0 aliphatic carbocycles. The number of fused-ring (bicyclic) bond motifs is 1. The molecule has 2 N–H and O–H groups in total. The number of H-pyrrole nitrogens is 1. The van der Waals surface area contributed by atoms with Gasteiger partial charge in [-0.1, -0.05) is 11.6 Å². The maximum Gasteiger partial charge on any atom is 0.305 e. The van der Waals surface area contributed by atoms with Crippen LogP contribution in [0.25, 0.3) is 0 Å². The summed E-state index contributed by atoms with van der Waals surface area (Å²) in [5.41, 5.74) is 2.03. The van der Waals surface area contributed by atoms with E-state index in [0.717, 1.165) is 11.1 Å². The van der Waals surface area contributed by atoms with Crippen molar-refractivity contribution in [3.05, 3.63) is 46.2 Å². The number of hydrogen-bond donors (Lipinski definition) is 2. The van der Waals surface area contributed by atoms with E-state index in [-0.39, 0.29) is 12.3 Å². The van der Waals surface area contributed by atoms with Crippen LogP contribution in [0.1, 0.15) is 34.1 Å². The molecule has 1 amide bonds. The Labute approximate surface area is 155 Å². The fourth-order valence-corrected chi connectivity index (χ4v) is 3.47. The van der Waals surface area contributed by atoms with Gasteiger partial charge in [0, 0.05) is 12.7 Å². The molecule has 1 aromatic carbocycles. The number of halogens is 1. The smallest absolute Gasteiger partial charge is 0.305 e. The largest absolute Gasteiger partial charge is 0.493 e. The second-order valence-corrected chi connectivity index (χ2v) is 6.44. The van der Waals surface area contributed by atoms with Crippen molar-refractivity contribution in [1.29, 1.82) is 0 Å². The molecule has 0 bridgehead atoms. The number of nitrogens with zero attached hydrogens (tertiary/aromatic N) is 1. The summed E-state index contributed by atoms with van der Waals surface area (Å²) < 4.78 is 10.7. The molecule has 2 aromatic rings. The number of nitrogens with one attached hydrogen (secondary N) is 1. The first-order valence-electron chi connectivity index (χ1n) is 8.06. The van der Waals surface area contributed by atoms with Gasteiger partial charge in [-0.3, -0.25) is 9.59 Å². The van der Waals surface area contributed by atoms with Crippen molar-refractivity contribution in [2.24, 2.45) is 0 Å². The van der Waals surface area contributed by atoms with Crippen molar-refractivity contribution in [2.45, 2.75) is 18.9 Å². The second kappa shape index (κ2) is 7.29. The number of carbonyl (C=O) groups excluding carboxylic acids is 1. The highest BCUT2D eigenvalue weighted by Crippen LogP contribution is 2.40. The highest BCUT2D eigenvalue weighted by molar-refractivity contribution is 6.30. The molecule has 0 spiro atoms. The first-order valence-corrected chi connectivity index (χ1v) is 8.44. The molecule has 7 nitrogen and oxygen atoms in total. The Morgan fingerprint density at radius 1 is 1.27 bits per heavy atom. The zero-order valence-electron chi connectivity index (χ0n) is 14.4. The van der Waals surface area contributed by atoms with Crippen LogP contribution in [0.2, 0.25) is 5.02 Å². The van der Waals surface area contributed by atoms with Crippen LogP contribution in [-0.2, 0) is 11.2 Å². The number of carbonyl (C=O) groups is 2. The zero-order chi connectivity index (χ0) is 18.8. The molecule has 1 atom stereocenters. The molecule has 26 heavy (non-hydrogen) atoms. The second-order valence-electron chi connectivity index (χ2n) is 6.00. The van der Waals surface area contributed by atoms with Crippen LogP contribution in [0.15, 0.2) is 24.4 Å².